The molecule has 0 aliphatic carbocycles. The summed E-state index contributed by atoms with van der Waals surface area (Å²) in [6, 6.07) is 12.4. The monoisotopic (exact) mass is 471 g/mol. The van der Waals surface area contributed by atoms with Crippen LogP contribution in [0.1, 0.15) is 34.1 Å². The van der Waals surface area contributed by atoms with Gasteiger partial charge in [-0.15, -0.1) is 0 Å². The second-order valence-electron chi connectivity index (χ2n) is 6.85. The molecule has 3 aromatic rings. The first-order chi connectivity index (χ1) is 15.7. The lowest BCUT2D eigenvalue weighted by Gasteiger charge is -2.06. The van der Waals surface area contributed by atoms with Crippen molar-refractivity contribution >= 4 is 27.9 Å². The fourth-order valence-electron chi connectivity index (χ4n) is 2.67. The number of hydrogen-bond donors (Lipinski definition) is 2. The van der Waals surface area contributed by atoms with E-state index < -0.39 is 16.0 Å². The minimum Gasteiger partial charge on any atom is -0.485 e. The Morgan fingerprint density at radius 1 is 1.12 bits per heavy atom. The van der Waals surface area contributed by atoms with E-state index in [1.807, 2.05) is 0 Å². The van der Waals surface area contributed by atoms with E-state index in [-0.39, 0.29) is 30.3 Å². The average Bonchev–Trinajstić information content (AvgIpc) is 3.21. The van der Waals surface area contributed by atoms with Crippen LogP contribution in [-0.2, 0) is 21.4 Å². The molecule has 172 valence electrons. The number of aliphatic carboxylic acids is 1. The molecule has 0 saturated carbocycles. The molecule has 0 radical (unpaired) electrons. The van der Waals surface area contributed by atoms with Gasteiger partial charge in [0.05, 0.1) is 11.3 Å². The van der Waals surface area contributed by atoms with Crippen LogP contribution in [0.15, 0.2) is 64.0 Å². The van der Waals surface area contributed by atoms with Crippen molar-refractivity contribution in [2.45, 2.75) is 24.8 Å². The highest BCUT2D eigenvalue weighted by Gasteiger charge is 2.14. The van der Waals surface area contributed by atoms with Crippen molar-refractivity contribution in [3.05, 3.63) is 77.4 Å². The van der Waals surface area contributed by atoms with Crippen LogP contribution >= 0.6 is 0 Å². The van der Waals surface area contributed by atoms with Gasteiger partial charge < -0.3 is 14.4 Å². The molecule has 33 heavy (non-hydrogen) atoms. The molecule has 0 aliphatic heterocycles. The molecule has 1 heterocycles. The van der Waals surface area contributed by atoms with Crippen LogP contribution in [0.3, 0.4) is 0 Å². The predicted octanol–water partition coefficient (Wildman–Crippen LogP) is 2.61. The first kappa shape index (κ1) is 23.8. The predicted molar refractivity (Wildman–Crippen MR) is 117 cm³/mol. The number of ketones is 1. The molecule has 1 aromatic heterocycles. The zero-order valence-corrected chi connectivity index (χ0v) is 18.4. The molecule has 0 amide bonds. The lowest BCUT2D eigenvalue weighted by Crippen LogP contribution is -2.26. The maximum absolute atomic E-state index is 12.4. The number of rotatable bonds is 11. The minimum atomic E-state index is -3.85. The van der Waals surface area contributed by atoms with Gasteiger partial charge in [0.15, 0.2) is 12.4 Å². The number of nitrogens with one attached hydrogen (secondary N) is 1. The van der Waals surface area contributed by atoms with Crippen LogP contribution in [0.25, 0.3) is 6.08 Å². The fourth-order valence-corrected chi connectivity index (χ4v) is 3.70. The van der Waals surface area contributed by atoms with Gasteiger partial charge in [0.1, 0.15) is 5.75 Å². The van der Waals surface area contributed by atoms with Crippen LogP contribution in [-0.4, -0.2) is 42.0 Å². The molecule has 0 spiro atoms. The molecule has 3 rings (SSSR count). The third-order valence-corrected chi connectivity index (χ3v) is 5.80. The van der Waals surface area contributed by atoms with E-state index in [2.05, 4.69) is 14.9 Å². The van der Waals surface area contributed by atoms with Gasteiger partial charge in [-0.3, -0.25) is 9.59 Å². The van der Waals surface area contributed by atoms with Gasteiger partial charge in [-0.25, -0.2) is 13.1 Å². The molecule has 10 nitrogen and oxygen atoms in total. The largest absolute Gasteiger partial charge is 0.485 e. The molecule has 0 atom stereocenters. The molecule has 2 aromatic carbocycles. The Hall–Kier alpha value is -3.83. The van der Waals surface area contributed by atoms with Crippen molar-refractivity contribution in [2.24, 2.45) is 0 Å². The average molecular weight is 471 g/mol. The number of nitrogens with zero attached hydrogens (tertiary/aromatic N) is 2. The highest BCUT2D eigenvalue weighted by Crippen LogP contribution is 2.16. The summed E-state index contributed by atoms with van der Waals surface area (Å²) in [5.74, 6) is 0.103. The van der Waals surface area contributed by atoms with Crippen LogP contribution in [0.5, 0.6) is 5.75 Å². The minimum absolute atomic E-state index is 0.0556. The maximum Gasteiger partial charge on any atom is 0.304 e. The van der Waals surface area contributed by atoms with Crippen LogP contribution in [0, 0.1) is 6.92 Å². The van der Waals surface area contributed by atoms with E-state index in [0.717, 1.165) is 5.56 Å². The van der Waals surface area contributed by atoms with Crippen molar-refractivity contribution in [1.29, 1.82) is 0 Å². The van der Waals surface area contributed by atoms with Gasteiger partial charge in [0.25, 0.3) is 0 Å². The third kappa shape index (κ3) is 7.09. The number of carboxylic acid groups (broad SMARTS) is 1. The quantitative estimate of drug-likeness (QED) is 0.318. The molecule has 11 heteroatoms. The van der Waals surface area contributed by atoms with Crippen molar-refractivity contribution in [1.82, 2.24) is 14.9 Å². The van der Waals surface area contributed by atoms with Gasteiger partial charge >= 0.3 is 5.97 Å². The number of benzene rings is 2. The van der Waals surface area contributed by atoms with Crippen LogP contribution < -0.4 is 9.46 Å². The third-order valence-electron chi connectivity index (χ3n) is 4.32. The molecular formula is C22H21N3O7S. The second kappa shape index (κ2) is 10.7. The zero-order valence-electron chi connectivity index (χ0n) is 17.6. The standard InChI is InChI=1S/C22H21N3O7S/c1-15-24-21(25-32-15)14-31-18-7-2-16(3-8-18)4-11-20(26)17-5-9-19(10-6-17)33(29,30)23-13-12-22(27)28/h2-11,23H,12-14H2,1H3,(H,27,28)/b11-4+. The normalized spacial score (nSPS) is 11.5. The number of allylic oxidation sites excluding steroid dienone is 1. The Morgan fingerprint density at radius 3 is 2.42 bits per heavy atom. The number of ether oxygens (including phenoxy) is 1. The van der Waals surface area contributed by atoms with Crippen LogP contribution in [0.2, 0.25) is 0 Å². The van der Waals surface area contributed by atoms with E-state index in [9.17, 15) is 18.0 Å². The molecule has 2 N–H and O–H groups in total. The Bertz CT molecular complexity index is 1250. The molecule has 0 bridgehead atoms. The first-order valence-electron chi connectivity index (χ1n) is 9.79. The van der Waals surface area contributed by atoms with Crippen molar-refractivity contribution in [2.75, 3.05) is 6.54 Å². The number of carbonyl (C=O) groups is 2. The summed E-state index contributed by atoms with van der Waals surface area (Å²) in [6.45, 7) is 1.64. The van der Waals surface area contributed by atoms with Gasteiger partial charge in [0.2, 0.25) is 21.7 Å². The van der Waals surface area contributed by atoms with Gasteiger partial charge in [0, 0.05) is 19.0 Å². The Labute approximate surface area is 190 Å². The summed E-state index contributed by atoms with van der Waals surface area (Å²) in [4.78, 5) is 26.9. The summed E-state index contributed by atoms with van der Waals surface area (Å²) < 4.78 is 36.9. The molecule has 0 fully saturated rings. The molecule has 0 unspecified atom stereocenters. The number of carboxylic acids is 1. The zero-order chi connectivity index (χ0) is 23.8. The summed E-state index contributed by atoms with van der Waals surface area (Å²) in [6.07, 6.45) is 2.69. The highest BCUT2D eigenvalue weighted by atomic mass is 32.2. The summed E-state index contributed by atoms with van der Waals surface area (Å²) >= 11 is 0. The summed E-state index contributed by atoms with van der Waals surface area (Å²) in [7, 11) is -3.85. The topological polar surface area (TPSA) is 149 Å². The molecular weight excluding hydrogens is 450 g/mol. The first-order valence-corrected chi connectivity index (χ1v) is 11.3. The van der Waals surface area contributed by atoms with Crippen molar-refractivity contribution in [3.63, 3.8) is 0 Å². The van der Waals surface area contributed by atoms with E-state index >= 15 is 0 Å². The number of carbonyl (C=O) groups excluding carboxylic acids is 1. The number of sulfonamides is 1. The summed E-state index contributed by atoms with van der Waals surface area (Å²) in [5.41, 5.74) is 1.08. The van der Waals surface area contributed by atoms with Crippen molar-refractivity contribution < 1.29 is 32.4 Å². The van der Waals surface area contributed by atoms with E-state index in [1.165, 1.54) is 30.3 Å². The summed E-state index contributed by atoms with van der Waals surface area (Å²) in [5, 5.41) is 12.3. The van der Waals surface area contributed by atoms with Gasteiger partial charge in [-0.05, 0) is 48.0 Å². The van der Waals surface area contributed by atoms with E-state index in [4.69, 9.17) is 14.4 Å². The highest BCUT2D eigenvalue weighted by molar-refractivity contribution is 7.89. The van der Waals surface area contributed by atoms with E-state index in [0.29, 0.717) is 23.0 Å². The van der Waals surface area contributed by atoms with Crippen LogP contribution in [0.4, 0.5) is 0 Å². The molecule has 0 saturated heterocycles. The number of hydrogen-bond acceptors (Lipinski definition) is 8. The second-order valence-corrected chi connectivity index (χ2v) is 8.62. The maximum atomic E-state index is 12.4. The lowest BCUT2D eigenvalue weighted by molar-refractivity contribution is -0.136. The van der Waals surface area contributed by atoms with Gasteiger partial charge in [-0.1, -0.05) is 23.4 Å². The van der Waals surface area contributed by atoms with Crippen molar-refractivity contribution in [3.8, 4) is 5.75 Å². The van der Waals surface area contributed by atoms with Gasteiger partial charge in [-0.2, -0.15) is 4.98 Å². The molecule has 0 aliphatic rings. The fraction of sp³-hybridized carbons (Fsp3) is 0.182. The Morgan fingerprint density at radius 2 is 1.82 bits per heavy atom. The lowest BCUT2D eigenvalue weighted by atomic mass is 10.1. The number of aryl methyl sites for hydroxylation is 1. The number of aromatic nitrogens is 2. The Balaban J connectivity index is 1.55. The van der Waals surface area contributed by atoms with E-state index in [1.54, 1.807) is 37.3 Å². The SMILES string of the molecule is Cc1nc(COc2ccc(/C=C/C(=O)c3ccc(S(=O)(=O)NCCC(=O)O)cc3)cc2)no1. The smallest absolute Gasteiger partial charge is 0.304 e. The Kier molecular flexibility index (Phi) is 7.70.